The van der Waals surface area contributed by atoms with Crippen LogP contribution >= 0.6 is 0 Å². The van der Waals surface area contributed by atoms with Crippen molar-refractivity contribution in [2.75, 3.05) is 19.6 Å². The maximum atomic E-state index is 13.3. The Balaban J connectivity index is 1.70. The Labute approximate surface area is 150 Å². The van der Waals surface area contributed by atoms with Crippen molar-refractivity contribution in [3.8, 4) is 0 Å². The fraction of sp³-hybridized carbons (Fsp3) is 0.600. The molecule has 0 spiro atoms. The van der Waals surface area contributed by atoms with E-state index in [2.05, 4.69) is 23.5 Å². The third-order valence-electron chi connectivity index (χ3n) is 5.48. The number of carbonyl (C=O) groups is 2. The Hall–Kier alpha value is -1.88. The summed E-state index contributed by atoms with van der Waals surface area (Å²) in [6.07, 6.45) is 6.53. The number of fused-ring (bicyclic) bond motifs is 1. The van der Waals surface area contributed by atoms with Crippen molar-refractivity contribution in [3.05, 3.63) is 35.4 Å². The number of amides is 2. The number of hydrogen-bond acceptors (Lipinski definition) is 3. The molecule has 2 aliphatic rings. The smallest absolute Gasteiger partial charge is 0.230 e. The fourth-order valence-electron chi connectivity index (χ4n) is 4.16. The average molecular weight is 343 g/mol. The van der Waals surface area contributed by atoms with Crippen molar-refractivity contribution >= 4 is 11.8 Å². The van der Waals surface area contributed by atoms with Crippen molar-refractivity contribution in [1.82, 2.24) is 10.2 Å². The lowest BCUT2D eigenvalue weighted by Crippen LogP contribution is -2.51. The average Bonchev–Trinajstić information content (AvgIpc) is 2.66. The summed E-state index contributed by atoms with van der Waals surface area (Å²) in [7, 11) is 0. The molecule has 3 N–H and O–H groups in total. The van der Waals surface area contributed by atoms with E-state index >= 15 is 0 Å². The zero-order valence-corrected chi connectivity index (χ0v) is 14.9. The van der Waals surface area contributed by atoms with Gasteiger partial charge in [-0.25, -0.2) is 0 Å². The number of hydrogen-bond donors (Lipinski definition) is 2. The van der Waals surface area contributed by atoms with Crippen LogP contribution < -0.4 is 11.1 Å². The zero-order chi connectivity index (χ0) is 17.6. The van der Waals surface area contributed by atoms with E-state index < -0.39 is 0 Å². The number of carbonyl (C=O) groups excluding carboxylic acids is 2. The topological polar surface area (TPSA) is 75.4 Å². The number of benzene rings is 1. The van der Waals surface area contributed by atoms with Crippen LogP contribution in [0.5, 0.6) is 0 Å². The first-order valence-electron chi connectivity index (χ1n) is 9.55. The van der Waals surface area contributed by atoms with Crippen LogP contribution in [0.4, 0.5) is 0 Å². The van der Waals surface area contributed by atoms with Gasteiger partial charge in [-0.2, -0.15) is 0 Å². The van der Waals surface area contributed by atoms with Crippen molar-refractivity contribution in [1.29, 1.82) is 0 Å². The van der Waals surface area contributed by atoms with Crippen LogP contribution in [0.1, 0.15) is 55.6 Å². The molecule has 5 heteroatoms. The highest BCUT2D eigenvalue weighted by molar-refractivity contribution is 5.85. The van der Waals surface area contributed by atoms with Gasteiger partial charge >= 0.3 is 0 Å². The minimum absolute atomic E-state index is 0.0229. The second-order valence-electron chi connectivity index (χ2n) is 7.17. The largest absolute Gasteiger partial charge is 0.354 e. The van der Waals surface area contributed by atoms with Crippen LogP contribution in [-0.4, -0.2) is 42.4 Å². The molecule has 1 aromatic rings. The van der Waals surface area contributed by atoms with E-state index in [0.29, 0.717) is 19.5 Å². The second-order valence-corrected chi connectivity index (χ2v) is 7.17. The Morgan fingerprint density at radius 3 is 2.84 bits per heavy atom. The van der Waals surface area contributed by atoms with Crippen LogP contribution in [0.25, 0.3) is 0 Å². The maximum absolute atomic E-state index is 13.3. The van der Waals surface area contributed by atoms with Crippen molar-refractivity contribution in [2.45, 2.75) is 56.9 Å². The van der Waals surface area contributed by atoms with Gasteiger partial charge < -0.3 is 16.0 Å². The van der Waals surface area contributed by atoms with E-state index in [1.54, 1.807) is 0 Å². The van der Waals surface area contributed by atoms with Crippen LogP contribution in [0.2, 0.25) is 0 Å². The SMILES string of the molecule is NCCC(=O)NCC1CCCCN1C(=O)C1CCCc2ccccc21. The quantitative estimate of drug-likeness (QED) is 0.858. The molecule has 0 bridgehead atoms. The lowest BCUT2D eigenvalue weighted by Gasteiger charge is -2.39. The molecule has 1 fully saturated rings. The Morgan fingerprint density at radius 1 is 1.16 bits per heavy atom. The molecule has 136 valence electrons. The summed E-state index contributed by atoms with van der Waals surface area (Å²) in [5.41, 5.74) is 7.95. The van der Waals surface area contributed by atoms with Gasteiger partial charge in [-0.3, -0.25) is 9.59 Å². The molecular weight excluding hydrogens is 314 g/mol. The first-order chi connectivity index (χ1) is 12.2. The van der Waals surface area contributed by atoms with Crippen LogP contribution in [0.15, 0.2) is 24.3 Å². The van der Waals surface area contributed by atoms with Crippen LogP contribution in [-0.2, 0) is 16.0 Å². The zero-order valence-electron chi connectivity index (χ0n) is 14.9. The monoisotopic (exact) mass is 343 g/mol. The van der Waals surface area contributed by atoms with Gasteiger partial charge in [-0.15, -0.1) is 0 Å². The highest BCUT2D eigenvalue weighted by Gasteiger charge is 2.34. The minimum atomic E-state index is -0.0246. The molecule has 0 aromatic heterocycles. The first kappa shape index (κ1) is 17.9. The third kappa shape index (κ3) is 4.21. The molecular formula is C20H29N3O2. The molecule has 2 amide bonds. The van der Waals surface area contributed by atoms with E-state index in [0.717, 1.165) is 45.1 Å². The standard InChI is InChI=1S/C20H29N3O2/c21-12-11-19(24)22-14-16-8-3-4-13-23(16)20(25)18-10-5-7-15-6-1-2-9-17(15)18/h1-2,6,9,16,18H,3-5,7-8,10-14,21H2,(H,22,24). The molecule has 3 rings (SSSR count). The molecule has 0 radical (unpaired) electrons. The van der Waals surface area contributed by atoms with E-state index in [1.165, 1.54) is 11.1 Å². The number of likely N-dealkylation sites (tertiary alicyclic amines) is 1. The molecule has 1 aliphatic carbocycles. The number of nitrogens with zero attached hydrogens (tertiary/aromatic N) is 1. The highest BCUT2D eigenvalue weighted by atomic mass is 16.2. The van der Waals surface area contributed by atoms with Crippen molar-refractivity contribution in [3.63, 3.8) is 0 Å². The number of aryl methyl sites for hydroxylation is 1. The summed E-state index contributed by atoms with van der Waals surface area (Å²) in [4.78, 5) is 27.0. The number of nitrogens with one attached hydrogen (secondary N) is 1. The predicted octanol–water partition coefficient (Wildman–Crippen LogP) is 1.95. The molecule has 25 heavy (non-hydrogen) atoms. The summed E-state index contributed by atoms with van der Waals surface area (Å²) in [5, 5.41) is 2.95. The normalized spacial score (nSPS) is 23.0. The fourth-order valence-corrected chi connectivity index (χ4v) is 4.16. The van der Waals surface area contributed by atoms with E-state index in [-0.39, 0.29) is 23.8 Å². The van der Waals surface area contributed by atoms with Gasteiger partial charge in [0.15, 0.2) is 0 Å². The highest BCUT2D eigenvalue weighted by Crippen LogP contribution is 2.34. The van der Waals surface area contributed by atoms with Gasteiger partial charge in [0.1, 0.15) is 0 Å². The summed E-state index contributed by atoms with van der Waals surface area (Å²) in [6, 6.07) is 8.46. The third-order valence-corrected chi connectivity index (χ3v) is 5.48. The summed E-state index contributed by atoms with van der Waals surface area (Å²) in [5.74, 6) is 0.193. The maximum Gasteiger partial charge on any atom is 0.230 e. The van der Waals surface area contributed by atoms with Gasteiger partial charge in [0, 0.05) is 32.1 Å². The number of rotatable bonds is 5. The van der Waals surface area contributed by atoms with E-state index in [9.17, 15) is 9.59 Å². The molecule has 1 aromatic carbocycles. The lowest BCUT2D eigenvalue weighted by atomic mass is 9.81. The van der Waals surface area contributed by atoms with Crippen molar-refractivity contribution in [2.24, 2.45) is 5.73 Å². The van der Waals surface area contributed by atoms with Crippen molar-refractivity contribution < 1.29 is 9.59 Å². The predicted molar refractivity (Wildman–Crippen MR) is 98.2 cm³/mol. The van der Waals surface area contributed by atoms with Gasteiger partial charge in [0.05, 0.1) is 5.92 Å². The number of piperidine rings is 1. The van der Waals surface area contributed by atoms with E-state index in [4.69, 9.17) is 5.73 Å². The van der Waals surface area contributed by atoms with Gasteiger partial charge in [-0.1, -0.05) is 24.3 Å². The van der Waals surface area contributed by atoms with Gasteiger partial charge in [0.2, 0.25) is 11.8 Å². The van der Waals surface area contributed by atoms with Crippen LogP contribution in [0.3, 0.4) is 0 Å². The molecule has 2 unspecified atom stereocenters. The Morgan fingerprint density at radius 2 is 2.00 bits per heavy atom. The second kappa shape index (κ2) is 8.48. The molecule has 2 atom stereocenters. The summed E-state index contributed by atoms with van der Waals surface area (Å²) >= 11 is 0. The van der Waals surface area contributed by atoms with Gasteiger partial charge in [0.25, 0.3) is 0 Å². The summed E-state index contributed by atoms with van der Waals surface area (Å²) < 4.78 is 0. The van der Waals surface area contributed by atoms with Gasteiger partial charge in [-0.05, 0) is 49.7 Å². The molecule has 1 saturated heterocycles. The molecule has 1 aliphatic heterocycles. The lowest BCUT2D eigenvalue weighted by molar-refractivity contribution is -0.137. The molecule has 1 heterocycles. The number of nitrogens with two attached hydrogens (primary N) is 1. The minimum Gasteiger partial charge on any atom is -0.354 e. The molecule has 0 saturated carbocycles. The Kier molecular flexibility index (Phi) is 6.08. The van der Waals surface area contributed by atoms with E-state index in [1.807, 2.05) is 11.0 Å². The Bertz CT molecular complexity index is 617. The summed E-state index contributed by atoms with van der Waals surface area (Å²) in [6.45, 7) is 1.70. The molecule has 5 nitrogen and oxygen atoms in total. The van der Waals surface area contributed by atoms with Crippen LogP contribution in [0, 0.1) is 0 Å². The first-order valence-corrected chi connectivity index (χ1v) is 9.55.